The molecule has 2 aromatic carbocycles. The van der Waals surface area contributed by atoms with Crippen LogP contribution < -0.4 is 5.32 Å². The molecule has 0 atom stereocenters. The van der Waals surface area contributed by atoms with E-state index in [0.717, 1.165) is 25.5 Å². The third-order valence-electron chi connectivity index (χ3n) is 5.26. The summed E-state index contributed by atoms with van der Waals surface area (Å²) in [5.74, 6) is -1.74. The Hall–Kier alpha value is -2.27. The molecule has 1 saturated heterocycles. The molecule has 0 radical (unpaired) electrons. The van der Waals surface area contributed by atoms with Crippen molar-refractivity contribution in [3.05, 3.63) is 54.1 Å². The predicted octanol–water partition coefficient (Wildman–Crippen LogP) is 5.62. The Kier molecular flexibility index (Phi) is 7.54. The lowest BCUT2D eigenvalue weighted by Crippen LogP contribution is -2.25. The van der Waals surface area contributed by atoms with Crippen LogP contribution >= 0.6 is 0 Å². The van der Waals surface area contributed by atoms with Crippen molar-refractivity contribution >= 4 is 11.6 Å². The van der Waals surface area contributed by atoms with E-state index in [1.54, 1.807) is 24.3 Å². The van der Waals surface area contributed by atoms with Crippen molar-refractivity contribution in [3.8, 4) is 11.1 Å². The van der Waals surface area contributed by atoms with Crippen LogP contribution in [0.4, 0.5) is 14.5 Å². The Bertz CT molecular complexity index is 769. The van der Waals surface area contributed by atoms with Gasteiger partial charge in [0, 0.05) is 17.7 Å². The number of nitrogens with zero attached hydrogens (tertiary/aromatic N) is 1. The van der Waals surface area contributed by atoms with E-state index in [0.29, 0.717) is 17.7 Å². The lowest BCUT2D eigenvalue weighted by molar-refractivity contribution is -0.116. The zero-order valence-corrected chi connectivity index (χ0v) is 16.2. The van der Waals surface area contributed by atoms with Crippen LogP contribution in [0.1, 0.15) is 44.9 Å². The first-order valence-electron chi connectivity index (χ1n) is 10.2. The van der Waals surface area contributed by atoms with Gasteiger partial charge in [0.15, 0.2) is 11.6 Å². The number of likely N-dealkylation sites (tertiary alicyclic amines) is 1. The molecule has 1 aliphatic rings. The fourth-order valence-electron chi connectivity index (χ4n) is 3.66. The largest absolute Gasteiger partial charge is 0.326 e. The number of nitrogens with one attached hydrogen (secondary N) is 1. The maximum Gasteiger partial charge on any atom is 0.224 e. The molecule has 0 aliphatic carbocycles. The second-order valence-corrected chi connectivity index (χ2v) is 7.44. The summed E-state index contributed by atoms with van der Waals surface area (Å²) in [7, 11) is 0. The summed E-state index contributed by atoms with van der Waals surface area (Å²) in [5.41, 5.74) is 1.46. The smallest absolute Gasteiger partial charge is 0.224 e. The Morgan fingerprint density at radius 3 is 2.36 bits per heavy atom. The van der Waals surface area contributed by atoms with Gasteiger partial charge < -0.3 is 10.2 Å². The van der Waals surface area contributed by atoms with Gasteiger partial charge in [-0.15, -0.1) is 0 Å². The second-order valence-electron chi connectivity index (χ2n) is 7.44. The van der Waals surface area contributed by atoms with Gasteiger partial charge in [-0.05, 0) is 69.1 Å². The average Bonchev–Trinajstić information content (AvgIpc) is 2.97. The normalized spacial score (nSPS) is 15.2. The topological polar surface area (TPSA) is 32.3 Å². The van der Waals surface area contributed by atoms with Gasteiger partial charge >= 0.3 is 0 Å². The first-order valence-corrected chi connectivity index (χ1v) is 10.2. The van der Waals surface area contributed by atoms with Crippen LogP contribution in [0.25, 0.3) is 11.1 Å². The van der Waals surface area contributed by atoms with Gasteiger partial charge in [0.1, 0.15) is 0 Å². The molecule has 1 N–H and O–H groups in total. The van der Waals surface area contributed by atoms with Crippen LogP contribution in [0.15, 0.2) is 42.5 Å². The molecule has 3 nitrogen and oxygen atoms in total. The number of carbonyl (C=O) groups is 1. The van der Waals surface area contributed by atoms with E-state index in [1.165, 1.54) is 50.9 Å². The molecule has 5 heteroatoms. The molecule has 28 heavy (non-hydrogen) atoms. The maximum absolute atomic E-state index is 13.9. The summed E-state index contributed by atoms with van der Waals surface area (Å²) in [5, 5.41) is 2.87. The zero-order chi connectivity index (χ0) is 19.8. The fourth-order valence-corrected chi connectivity index (χ4v) is 3.66. The minimum absolute atomic E-state index is 0.0134. The summed E-state index contributed by atoms with van der Waals surface area (Å²) in [6, 6.07) is 10.9. The monoisotopic (exact) mass is 386 g/mol. The van der Waals surface area contributed by atoms with Crippen LogP contribution in [-0.4, -0.2) is 30.4 Å². The molecule has 0 bridgehead atoms. The van der Waals surface area contributed by atoms with Crippen molar-refractivity contribution in [1.82, 2.24) is 4.90 Å². The molecule has 150 valence electrons. The highest BCUT2D eigenvalue weighted by Gasteiger charge is 2.11. The molecule has 1 heterocycles. The number of anilines is 1. The van der Waals surface area contributed by atoms with Gasteiger partial charge in [0.2, 0.25) is 5.91 Å². The minimum atomic E-state index is -0.866. The number of unbranched alkanes of at least 4 members (excludes halogenated alkanes) is 1. The second kappa shape index (κ2) is 10.3. The number of hydrogen-bond donors (Lipinski definition) is 1. The number of hydrogen-bond acceptors (Lipinski definition) is 2. The molecule has 0 spiro atoms. The van der Waals surface area contributed by atoms with Gasteiger partial charge in [0.25, 0.3) is 0 Å². The van der Waals surface area contributed by atoms with Crippen LogP contribution in [0, 0.1) is 11.6 Å². The summed E-state index contributed by atoms with van der Waals surface area (Å²) in [6.45, 7) is 3.44. The highest BCUT2D eigenvalue weighted by Crippen LogP contribution is 2.25. The number of amides is 1. The highest BCUT2D eigenvalue weighted by atomic mass is 19.2. The SMILES string of the molecule is O=C(CCCCN1CCCCCC1)Nc1ccc(-c2cccc(F)c2F)cc1. The van der Waals surface area contributed by atoms with Crippen LogP contribution in [0.3, 0.4) is 0 Å². The van der Waals surface area contributed by atoms with Gasteiger partial charge in [-0.3, -0.25) is 4.79 Å². The number of rotatable bonds is 7. The molecule has 0 saturated carbocycles. The van der Waals surface area contributed by atoms with E-state index >= 15 is 0 Å². The Morgan fingerprint density at radius 1 is 0.929 bits per heavy atom. The Labute approximate surface area is 165 Å². The van der Waals surface area contributed by atoms with Crippen molar-refractivity contribution in [2.24, 2.45) is 0 Å². The predicted molar refractivity (Wildman–Crippen MR) is 109 cm³/mol. The molecular weight excluding hydrogens is 358 g/mol. The standard InChI is InChI=1S/C23H28F2N2O/c24-21-9-7-8-20(23(21)25)18-11-13-19(14-12-18)26-22(28)10-3-6-17-27-15-4-1-2-5-16-27/h7-9,11-14H,1-6,10,15-17H2,(H,26,28). The lowest BCUT2D eigenvalue weighted by Gasteiger charge is -2.19. The first kappa shape index (κ1) is 20.5. The molecule has 3 rings (SSSR count). The van der Waals surface area contributed by atoms with Crippen molar-refractivity contribution in [2.75, 3.05) is 25.0 Å². The summed E-state index contributed by atoms with van der Waals surface area (Å²) in [4.78, 5) is 14.6. The number of benzene rings is 2. The van der Waals surface area contributed by atoms with E-state index in [9.17, 15) is 13.6 Å². The van der Waals surface area contributed by atoms with Crippen LogP contribution in [-0.2, 0) is 4.79 Å². The van der Waals surface area contributed by atoms with E-state index in [-0.39, 0.29) is 11.5 Å². The van der Waals surface area contributed by atoms with Crippen molar-refractivity contribution < 1.29 is 13.6 Å². The lowest BCUT2D eigenvalue weighted by atomic mass is 10.0. The molecule has 0 aromatic heterocycles. The van der Waals surface area contributed by atoms with Crippen molar-refractivity contribution in [2.45, 2.75) is 44.9 Å². The Balaban J connectivity index is 1.43. The molecular formula is C23H28F2N2O. The summed E-state index contributed by atoms with van der Waals surface area (Å²) >= 11 is 0. The molecule has 1 amide bonds. The van der Waals surface area contributed by atoms with E-state index in [1.807, 2.05) is 0 Å². The van der Waals surface area contributed by atoms with E-state index in [2.05, 4.69) is 10.2 Å². The third kappa shape index (κ3) is 5.86. The van der Waals surface area contributed by atoms with Gasteiger partial charge in [-0.2, -0.15) is 0 Å². The third-order valence-corrected chi connectivity index (χ3v) is 5.26. The zero-order valence-electron chi connectivity index (χ0n) is 16.2. The molecule has 1 aliphatic heterocycles. The van der Waals surface area contributed by atoms with E-state index < -0.39 is 11.6 Å². The van der Waals surface area contributed by atoms with Crippen LogP contribution in [0.5, 0.6) is 0 Å². The van der Waals surface area contributed by atoms with Crippen molar-refractivity contribution in [1.29, 1.82) is 0 Å². The fraction of sp³-hybridized carbons (Fsp3) is 0.435. The van der Waals surface area contributed by atoms with Gasteiger partial charge in [-0.1, -0.05) is 37.1 Å². The number of halogens is 2. The first-order chi connectivity index (χ1) is 13.6. The van der Waals surface area contributed by atoms with Crippen LogP contribution in [0.2, 0.25) is 0 Å². The molecule has 0 unspecified atom stereocenters. The Morgan fingerprint density at radius 2 is 1.64 bits per heavy atom. The quantitative estimate of drug-likeness (QED) is 0.627. The van der Waals surface area contributed by atoms with Crippen molar-refractivity contribution in [3.63, 3.8) is 0 Å². The average molecular weight is 386 g/mol. The molecule has 1 fully saturated rings. The highest BCUT2D eigenvalue weighted by molar-refractivity contribution is 5.90. The van der Waals surface area contributed by atoms with Gasteiger partial charge in [-0.25, -0.2) is 8.78 Å². The summed E-state index contributed by atoms with van der Waals surface area (Å²) in [6.07, 6.45) is 7.65. The maximum atomic E-state index is 13.9. The molecule has 2 aromatic rings. The number of carbonyl (C=O) groups excluding carboxylic acids is 1. The van der Waals surface area contributed by atoms with Gasteiger partial charge in [0.05, 0.1) is 0 Å². The minimum Gasteiger partial charge on any atom is -0.326 e. The van der Waals surface area contributed by atoms with E-state index in [4.69, 9.17) is 0 Å². The summed E-state index contributed by atoms with van der Waals surface area (Å²) < 4.78 is 27.2.